The van der Waals surface area contributed by atoms with E-state index in [1.165, 1.54) is 7.11 Å². The van der Waals surface area contributed by atoms with Crippen LogP contribution < -0.4 is 0 Å². The van der Waals surface area contributed by atoms with E-state index in [1.807, 2.05) is 4.08 Å². The van der Waals surface area contributed by atoms with Gasteiger partial charge in [-0.15, -0.1) is 0 Å². The molecule has 0 bridgehead atoms. The molecule has 2 fully saturated rings. The minimum atomic E-state index is -2.31. The molecular formula is C32H63IO7Si3. The Morgan fingerprint density at radius 1 is 0.814 bits per heavy atom. The fourth-order valence-corrected chi connectivity index (χ4v) is 9.03. The number of rotatable bonds is 10. The monoisotopic (exact) mass is 770 g/mol. The molecule has 2 aliphatic heterocycles. The van der Waals surface area contributed by atoms with E-state index < -0.39 is 31.1 Å². The Balaban J connectivity index is 2.73. The van der Waals surface area contributed by atoms with Crippen molar-refractivity contribution in [3.8, 4) is 0 Å². The van der Waals surface area contributed by atoms with Crippen molar-refractivity contribution in [1.29, 1.82) is 0 Å². The molecule has 2 rings (SSSR count). The summed E-state index contributed by atoms with van der Waals surface area (Å²) >= 11 is 2.29. The predicted octanol–water partition coefficient (Wildman–Crippen LogP) is 8.98. The number of esters is 1. The third kappa shape index (κ3) is 9.71. The third-order valence-corrected chi connectivity index (χ3v) is 24.5. The van der Waals surface area contributed by atoms with Crippen LogP contribution in [0.4, 0.5) is 0 Å². The molecule has 7 atom stereocenters. The van der Waals surface area contributed by atoms with E-state index in [2.05, 4.69) is 130 Å². The van der Waals surface area contributed by atoms with E-state index in [4.69, 9.17) is 27.5 Å². The lowest BCUT2D eigenvalue weighted by Gasteiger charge is -2.56. The van der Waals surface area contributed by atoms with E-state index >= 15 is 0 Å². The number of methoxy groups -OCH3 is 1. The van der Waals surface area contributed by atoms with E-state index in [9.17, 15) is 4.79 Å². The molecular weight excluding hydrogens is 708 g/mol. The zero-order valence-electron chi connectivity index (χ0n) is 30.1. The van der Waals surface area contributed by atoms with Crippen molar-refractivity contribution in [2.75, 3.05) is 7.11 Å². The summed E-state index contributed by atoms with van der Waals surface area (Å²) in [6.07, 6.45) is 1.61. The number of hydrogen-bond donors (Lipinski definition) is 0. The summed E-state index contributed by atoms with van der Waals surface area (Å²) in [5.74, 6) is -0.260. The minimum absolute atomic E-state index is 0.0168. The highest BCUT2D eigenvalue weighted by atomic mass is 127. The number of carbonyl (C=O) groups excluding carboxylic acids is 1. The lowest BCUT2D eigenvalue weighted by molar-refractivity contribution is -0.266. The van der Waals surface area contributed by atoms with Crippen molar-refractivity contribution in [3.05, 3.63) is 10.2 Å². The molecule has 0 aromatic rings. The number of carbonyl (C=O) groups is 1. The van der Waals surface area contributed by atoms with E-state index in [-0.39, 0.29) is 64.1 Å². The first-order valence-electron chi connectivity index (χ1n) is 16.0. The Bertz CT molecular complexity index is 965. The predicted molar refractivity (Wildman–Crippen MR) is 193 cm³/mol. The first kappa shape index (κ1) is 39.6. The van der Waals surface area contributed by atoms with Crippen LogP contribution in [0, 0.1) is 0 Å². The summed E-state index contributed by atoms with van der Waals surface area (Å²) in [6, 6.07) is 0. The van der Waals surface area contributed by atoms with Gasteiger partial charge in [-0.05, 0) is 77.4 Å². The Kier molecular flexibility index (Phi) is 13.1. The van der Waals surface area contributed by atoms with Crippen molar-refractivity contribution in [1.82, 2.24) is 0 Å². The van der Waals surface area contributed by atoms with Gasteiger partial charge in [0.25, 0.3) is 0 Å². The largest absolute Gasteiger partial charge is 0.469 e. The highest BCUT2D eigenvalue weighted by Gasteiger charge is 2.57. The average molecular weight is 771 g/mol. The van der Waals surface area contributed by atoms with Crippen LogP contribution in [0.5, 0.6) is 0 Å². The molecule has 2 aliphatic rings. The summed E-state index contributed by atoms with van der Waals surface area (Å²) in [7, 11) is -5.36. The highest BCUT2D eigenvalue weighted by Crippen LogP contribution is 2.47. The van der Waals surface area contributed by atoms with Crippen molar-refractivity contribution in [3.63, 3.8) is 0 Å². The van der Waals surface area contributed by atoms with Gasteiger partial charge in [-0.1, -0.05) is 84.9 Å². The fourth-order valence-electron chi connectivity index (χ4n) is 4.77. The lowest BCUT2D eigenvalue weighted by Crippen LogP contribution is -2.69. The molecule has 2 heterocycles. The number of hydrogen-bond acceptors (Lipinski definition) is 7. The smallest absolute Gasteiger partial charge is 0.308 e. The fraction of sp³-hybridized carbons (Fsp3) is 0.906. The molecule has 0 spiro atoms. The van der Waals surface area contributed by atoms with Crippen molar-refractivity contribution in [2.24, 2.45) is 0 Å². The molecule has 252 valence electrons. The topological polar surface area (TPSA) is 72.5 Å². The number of fused-ring (bicyclic) bond motifs is 1. The zero-order chi connectivity index (χ0) is 33.4. The first-order chi connectivity index (χ1) is 19.3. The van der Waals surface area contributed by atoms with Gasteiger partial charge in [-0.25, -0.2) is 0 Å². The molecule has 0 radical (unpaired) electrons. The summed E-state index contributed by atoms with van der Waals surface area (Å²) in [5, 5.41) is -0.00778. The standard InChI is InChI=1S/C32H63IO7Si3/c1-30(2,3)41(11,12)38-24(19-20-33)27-29(40-43(15,16)32(7,8)9)28(39-42(13,14)31(4,5)6)26-23(37-27)18-17-22(36-26)21-25(34)35-10/h19-20,22-24,26-29H,17-18,21H2,1-16H3/b20-19+/t22?,23-,24-,26-,27-,28-,29+/m0/s1. The van der Waals surface area contributed by atoms with Crippen LogP contribution >= 0.6 is 22.6 Å². The van der Waals surface area contributed by atoms with Crippen LogP contribution in [0.25, 0.3) is 0 Å². The summed E-state index contributed by atoms with van der Waals surface area (Å²) < 4.78 is 42.8. The van der Waals surface area contributed by atoms with Crippen LogP contribution in [0.2, 0.25) is 54.4 Å². The Hall–Kier alpha value is 0.391. The Morgan fingerprint density at radius 2 is 1.30 bits per heavy atom. The lowest BCUT2D eigenvalue weighted by atomic mass is 9.87. The summed E-state index contributed by atoms with van der Waals surface area (Å²) in [6.45, 7) is 34.1. The third-order valence-electron chi connectivity index (χ3n) is 10.7. The van der Waals surface area contributed by atoms with Crippen molar-refractivity contribution in [2.45, 2.75) is 179 Å². The van der Waals surface area contributed by atoms with Crippen LogP contribution in [0.1, 0.15) is 81.6 Å². The van der Waals surface area contributed by atoms with Gasteiger partial charge in [0.15, 0.2) is 25.0 Å². The quantitative estimate of drug-likeness (QED) is 0.125. The summed E-state index contributed by atoms with van der Waals surface area (Å²) in [5.41, 5.74) is 0. The van der Waals surface area contributed by atoms with Crippen LogP contribution in [0.15, 0.2) is 10.2 Å². The molecule has 0 saturated carbocycles. The molecule has 11 heteroatoms. The Morgan fingerprint density at radius 3 is 1.74 bits per heavy atom. The van der Waals surface area contributed by atoms with Crippen molar-refractivity contribution >= 4 is 53.5 Å². The van der Waals surface area contributed by atoms with Gasteiger partial charge in [0.05, 0.1) is 31.8 Å². The molecule has 1 unspecified atom stereocenters. The van der Waals surface area contributed by atoms with Crippen LogP contribution in [-0.2, 0) is 32.3 Å². The molecule has 0 amide bonds. The van der Waals surface area contributed by atoms with Gasteiger partial charge in [-0.2, -0.15) is 0 Å². The highest BCUT2D eigenvalue weighted by molar-refractivity contribution is 14.1. The molecule has 43 heavy (non-hydrogen) atoms. The second kappa shape index (κ2) is 14.2. The van der Waals surface area contributed by atoms with Gasteiger partial charge in [-0.3, -0.25) is 4.79 Å². The van der Waals surface area contributed by atoms with Crippen molar-refractivity contribution < 1.29 is 32.3 Å². The zero-order valence-corrected chi connectivity index (χ0v) is 35.2. The molecule has 0 N–H and O–H groups in total. The molecule has 0 aromatic heterocycles. The maximum absolute atomic E-state index is 12.3. The summed E-state index contributed by atoms with van der Waals surface area (Å²) in [4.78, 5) is 12.3. The second-order valence-electron chi connectivity index (χ2n) is 17.1. The first-order valence-corrected chi connectivity index (χ1v) is 25.9. The average Bonchev–Trinajstić information content (AvgIpc) is 2.82. The van der Waals surface area contributed by atoms with Gasteiger partial charge >= 0.3 is 5.97 Å². The molecule has 7 nitrogen and oxygen atoms in total. The normalized spacial score (nSPS) is 29.0. The van der Waals surface area contributed by atoms with Gasteiger partial charge < -0.3 is 27.5 Å². The minimum Gasteiger partial charge on any atom is -0.469 e. The molecule has 0 aliphatic carbocycles. The van der Waals surface area contributed by atoms with Crippen LogP contribution in [0.3, 0.4) is 0 Å². The van der Waals surface area contributed by atoms with E-state index in [0.29, 0.717) is 0 Å². The van der Waals surface area contributed by atoms with Gasteiger partial charge in [0.1, 0.15) is 24.4 Å². The van der Waals surface area contributed by atoms with Gasteiger partial charge in [0.2, 0.25) is 0 Å². The number of ether oxygens (including phenoxy) is 3. The maximum atomic E-state index is 12.3. The van der Waals surface area contributed by atoms with Gasteiger partial charge in [0, 0.05) is 0 Å². The van der Waals surface area contributed by atoms with E-state index in [0.717, 1.165) is 12.8 Å². The van der Waals surface area contributed by atoms with E-state index in [1.54, 1.807) is 0 Å². The maximum Gasteiger partial charge on any atom is 0.308 e. The van der Waals surface area contributed by atoms with Crippen LogP contribution in [-0.4, -0.2) is 80.8 Å². The molecule has 2 saturated heterocycles. The number of halogens is 1. The SMILES string of the molecule is COC(=O)CC1CC[C@@H]2O[C@@H]([C@H](/C=C/I)O[Si](C)(C)C(C)(C)C)[C@@H](O[Si](C)(C)C(C)(C)C)[C@@H](O[Si](C)(C)C(C)(C)C)[C@H]2O1. The second-order valence-corrected chi connectivity index (χ2v) is 32.1. The Labute approximate surface area is 280 Å². The molecule has 0 aromatic carbocycles.